The molecule has 2 amide bonds. The van der Waals surface area contributed by atoms with Gasteiger partial charge in [0.15, 0.2) is 5.17 Å². The summed E-state index contributed by atoms with van der Waals surface area (Å²) in [5.41, 5.74) is 0.548. The van der Waals surface area contributed by atoms with Gasteiger partial charge >= 0.3 is 6.03 Å². The van der Waals surface area contributed by atoms with Crippen molar-refractivity contribution < 1.29 is 9.90 Å². The molecule has 0 aromatic heterocycles. The SMILES string of the molecule is CC(C)N1C(=O)N(c2ccc(O)cc2)CSC1=NC(C)(C)C. The van der Waals surface area contributed by atoms with E-state index < -0.39 is 0 Å². The van der Waals surface area contributed by atoms with Gasteiger partial charge in [-0.05, 0) is 58.9 Å². The molecule has 0 spiro atoms. The Kier molecular flexibility index (Phi) is 4.70. The Balaban J connectivity index is 2.32. The molecule has 1 aromatic rings. The summed E-state index contributed by atoms with van der Waals surface area (Å²) >= 11 is 1.56. The second-order valence-corrected chi connectivity index (χ2v) is 7.44. The fraction of sp³-hybridized carbons (Fsp3) is 0.500. The number of aromatic hydroxyl groups is 1. The number of urea groups is 1. The van der Waals surface area contributed by atoms with Gasteiger partial charge in [-0.2, -0.15) is 0 Å². The van der Waals surface area contributed by atoms with E-state index in [-0.39, 0.29) is 23.4 Å². The van der Waals surface area contributed by atoms with Crippen LogP contribution in [0.1, 0.15) is 34.6 Å². The summed E-state index contributed by atoms with van der Waals surface area (Å²) in [5, 5.41) is 10.2. The molecule has 2 rings (SSSR count). The maximum Gasteiger partial charge on any atom is 0.331 e. The summed E-state index contributed by atoms with van der Waals surface area (Å²) in [6.45, 7) is 10.0. The summed E-state index contributed by atoms with van der Waals surface area (Å²) in [7, 11) is 0. The zero-order chi connectivity index (χ0) is 16.5. The van der Waals surface area contributed by atoms with E-state index in [2.05, 4.69) is 4.99 Å². The summed E-state index contributed by atoms with van der Waals surface area (Å²) in [5.74, 6) is 0.707. The van der Waals surface area contributed by atoms with Crippen LogP contribution in [0.15, 0.2) is 29.3 Å². The average molecular weight is 321 g/mol. The molecule has 1 N–H and O–H groups in total. The van der Waals surface area contributed by atoms with E-state index in [1.807, 2.05) is 34.6 Å². The van der Waals surface area contributed by atoms with E-state index in [0.717, 1.165) is 10.9 Å². The first kappa shape index (κ1) is 16.7. The number of hydrogen-bond donors (Lipinski definition) is 1. The van der Waals surface area contributed by atoms with E-state index in [4.69, 9.17) is 0 Å². The lowest BCUT2D eigenvalue weighted by Gasteiger charge is -2.38. The molecule has 0 bridgehead atoms. The van der Waals surface area contributed by atoms with Crippen molar-refractivity contribution in [3.8, 4) is 5.75 Å². The van der Waals surface area contributed by atoms with E-state index in [1.54, 1.807) is 45.8 Å². The van der Waals surface area contributed by atoms with Gasteiger partial charge in [0.05, 0.1) is 11.4 Å². The summed E-state index contributed by atoms with van der Waals surface area (Å²) in [6.07, 6.45) is 0. The molecule has 0 unspecified atom stereocenters. The third-order valence-corrected chi connectivity index (χ3v) is 4.01. The highest BCUT2D eigenvalue weighted by Gasteiger charge is 2.34. The first-order valence-electron chi connectivity index (χ1n) is 7.31. The zero-order valence-corrected chi connectivity index (χ0v) is 14.5. The van der Waals surface area contributed by atoms with Crippen molar-refractivity contribution in [2.45, 2.75) is 46.2 Å². The van der Waals surface area contributed by atoms with Gasteiger partial charge in [0.25, 0.3) is 0 Å². The molecule has 0 radical (unpaired) electrons. The number of amides is 2. The summed E-state index contributed by atoms with van der Waals surface area (Å²) in [4.78, 5) is 21.0. The minimum Gasteiger partial charge on any atom is -0.508 e. The van der Waals surface area contributed by atoms with Crippen molar-refractivity contribution in [2.75, 3.05) is 10.8 Å². The molecule has 6 heteroatoms. The van der Waals surface area contributed by atoms with Crippen LogP contribution in [0.3, 0.4) is 0 Å². The second kappa shape index (κ2) is 6.20. The number of carbonyl (C=O) groups excluding carboxylic acids is 1. The van der Waals surface area contributed by atoms with Crippen molar-refractivity contribution in [1.82, 2.24) is 4.90 Å². The Morgan fingerprint density at radius 1 is 1.23 bits per heavy atom. The van der Waals surface area contributed by atoms with E-state index in [9.17, 15) is 9.90 Å². The first-order chi connectivity index (χ1) is 10.2. The predicted octanol–water partition coefficient (Wildman–Crippen LogP) is 3.89. The zero-order valence-electron chi connectivity index (χ0n) is 13.7. The van der Waals surface area contributed by atoms with Crippen molar-refractivity contribution in [3.05, 3.63) is 24.3 Å². The first-order valence-corrected chi connectivity index (χ1v) is 8.30. The van der Waals surface area contributed by atoms with Crippen LogP contribution in [0.4, 0.5) is 10.5 Å². The van der Waals surface area contributed by atoms with E-state index in [1.165, 1.54) is 0 Å². The molecule has 1 aliphatic rings. The van der Waals surface area contributed by atoms with Gasteiger partial charge in [-0.3, -0.25) is 14.8 Å². The monoisotopic (exact) mass is 321 g/mol. The van der Waals surface area contributed by atoms with Gasteiger partial charge < -0.3 is 5.11 Å². The highest BCUT2D eigenvalue weighted by atomic mass is 32.2. The maximum absolute atomic E-state index is 12.8. The van der Waals surface area contributed by atoms with Crippen molar-refractivity contribution in [1.29, 1.82) is 0 Å². The van der Waals surface area contributed by atoms with Crippen LogP contribution < -0.4 is 4.90 Å². The lowest BCUT2D eigenvalue weighted by Crippen LogP contribution is -2.53. The van der Waals surface area contributed by atoms with Crippen LogP contribution in [0.5, 0.6) is 5.75 Å². The number of phenolic OH excluding ortho intramolecular Hbond substituents is 1. The van der Waals surface area contributed by atoms with Crippen molar-refractivity contribution in [2.24, 2.45) is 4.99 Å². The number of nitrogens with zero attached hydrogens (tertiary/aromatic N) is 3. The lowest BCUT2D eigenvalue weighted by molar-refractivity contribution is 0.220. The van der Waals surface area contributed by atoms with Crippen LogP contribution in [0.2, 0.25) is 0 Å². The molecular weight excluding hydrogens is 298 g/mol. The molecule has 1 saturated heterocycles. The number of aliphatic imine (C=N–C) groups is 1. The number of anilines is 1. The molecule has 5 nitrogen and oxygen atoms in total. The Morgan fingerprint density at radius 3 is 2.32 bits per heavy atom. The normalized spacial score (nSPS) is 18.5. The highest BCUT2D eigenvalue weighted by molar-refractivity contribution is 8.14. The molecule has 0 aliphatic carbocycles. The van der Waals surface area contributed by atoms with Crippen molar-refractivity contribution >= 4 is 28.6 Å². The minimum atomic E-state index is -0.226. The van der Waals surface area contributed by atoms with Crippen LogP contribution in [-0.2, 0) is 0 Å². The quantitative estimate of drug-likeness (QED) is 0.899. The molecule has 1 heterocycles. The van der Waals surface area contributed by atoms with Crippen LogP contribution in [0, 0.1) is 0 Å². The number of hydrogen-bond acceptors (Lipinski definition) is 4. The fourth-order valence-electron chi connectivity index (χ4n) is 2.09. The highest BCUT2D eigenvalue weighted by Crippen LogP contribution is 2.30. The average Bonchev–Trinajstić information content (AvgIpc) is 2.38. The fourth-order valence-corrected chi connectivity index (χ4v) is 3.36. The van der Waals surface area contributed by atoms with Gasteiger partial charge in [-0.15, -0.1) is 0 Å². The largest absolute Gasteiger partial charge is 0.508 e. The number of rotatable bonds is 2. The predicted molar refractivity (Wildman–Crippen MR) is 92.6 cm³/mol. The summed E-state index contributed by atoms with van der Waals surface area (Å²) in [6, 6.07) is 6.62. The van der Waals surface area contributed by atoms with E-state index >= 15 is 0 Å². The van der Waals surface area contributed by atoms with Crippen LogP contribution in [0.25, 0.3) is 0 Å². The molecule has 22 heavy (non-hydrogen) atoms. The molecule has 1 aliphatic heterocycles. The number of amidine groups is 1. The van der Waals surface area contributed by atoms with Crippen LogP contribution in [-0.4, -0.2) is 38.7 Å². The molecule has 120 valence electrons. The molecular formula is C16H23N3O2S. The number of thioether (sulfide) groups is 1. The Hall–Kier alpha value is -1.69. The maximum atomic E-state index is 12.8. The van der Waals surface area contributed by atoms with Gasteiger partial charge in [0.2, 0.25) is 0 Å². The second-order valence-electron chi connectivity index (χ2n) is 6.53. The van der Waals surface area contributed by atoms with Gasteiger partial charge in [0, 0.05) is 11.7 Å². The Bertz CT molecular complexity index is 576. The molecule has 0 atom stereocenters. The van der Waals surface area contributed by atoms with Crippen molar-refractivity contribution in [3.63, 3.8) is 0 Å². The lowest BCUT2D eigenvalue weighted by atomic mass is 10.1. The number of carbonyl (C=O) groups is 1. The Labute approximate surface area is 136 Å². The Morgan fingerprint density at radius 2 is 1.82 bits per heavy atom. The third kappa shape index (κ3) is 3.74. The number of benzene rings is 1. The minimum absolute atomic E-state index is 0.0287. The van der Waals surface area contributed by atoms with E-state index in [0.29, 0.717) is 5.88 Å². The van der Waals surface area contributed by atoms with Crippen LogP contribution >= 0.6 is 11.8 Å². The smallest absolute Gasteiger partial charge is 0.331 e. The summed E-state index contributed by atoms with van der Waals surface area (Å²) < 4.78 is 0. The third-order valence-electron chi connectivity index (χ3n) is 3.07. The number of phenols is 1. The molecule has 1 fully saturated rings. The molecule has 1 aromatic carbocycles. The standard InChI is InChI=1S/C16H23N3O2S/c1-11(2)19-14(17-16(3,4)5)22-10-18(15(19)21)12-6-8-13(20)9-7-12/h6-9,11,20H,10H2,1-5H3. The van der Waals surface area contributed by atoms with Gasteiger partial charge in [-0.1, -0.05) is 11.8 Å². The topological polar surface area (TPSA) is 56.1 Å². The molecule has 0 saturated carbocycles. The van der Waals surface area contributed by atoms with Gasteiger partial charge in [0.1, 0.15) is 5.75 Å². The van der Waals surface area contributed by atoms with Gasteiger partial charge in [-0.25, -0.2) is 4.79 Å².